The third-order valence-corrected chi connectivity index (χ3v) is 2.09. The average molecular weight is 220 g/mol. The lowest BCUT2D eigenvalue weighted by Crippen LogP contribution is -2.45. The van der Waals surface area contributed by atoms with E-state index in [2.05, 4.69) is 9.47 Å². The van der Waals surface area contributed by atoms with Gasteiger partial charge in [0.1, 0.15) is 6.67 Å². The smallest absolute Gasteiger partial charge is 0.466 e. The summed E-state index contributed by atoms with van der Waals surface area (Å²) in [6, 6.07) is 0. The molecule has 1 heterocycles. The molecule has 5 nitrogen and oxygen atoms in total. The molecule has 0 spiro atoms. The summed E-state index contributed by atoms with van der Waals surface area (Å²) < 4.78 is 26.6. The van der Waals surface area contributed by atoms with E-state index in [1.54, 1.807) is 6.92 Å². The molecule has 1 unspecified atom stereocenters. The van der Waals surface area contributed by atoms with E-state index in [4.69, 9.17) is 4.74 Å². The van der Waals surface area contributed by atoms with Crippen molar-refractivity contribution in [1.82, 2.24) is 0 Å². The maximum absolute atomic E-state index is 12.8. The monoisotopic (exact) mass is 220 g/mol. The van der Waals surface area contributed by atoms with Gasteiger partial charge in [-0.05, 0) is 6.92 Å². The van der Waals surface area contributed by atoms with Crippen molar-refractivity contribution in [1.29, 1.82) is 0 Å². The molecule has 0 aromatic carbocycles. The Hall–Kier alpha value is -1.33. The predicted octanol–water partition coefficient (Wildman–Crippen LogP) is 1.20. The van der Waals surface area contributed by atoms with Crippen LogP contribution in [0, 0.1) is 0 Å². The first-order valence-corrected chi connectivity index (χ1v) is 4.69. The molecular weight excluding hydrogens is 207 g/mol. The number of ether oxygens (including phenoxy) is 3. The molecular formula is C9H13FO5. The molecule has 0 bridgehead atoms. The topological polar surface area (TPSA) is 61.8 Å². The third-order valence-electron chi connectivity index (χ3n) is 2.09. The van der Waals surface area contributed by atoms with Gasteiger partial charge in [-0.15, -0.1) is 0 Å². The van der Waals surface area contributed by atoms with Crippen LogP contribution in [0.4, 0.5) is 9.18 Å². The van der Waals surface area contributed by atoms with Crippen molar-refractivity contribution in [3.05, 3.63) is 0 Å². The van der Waals surface area contributed by atoms with Crippen molar-refractivity contribution in [3.8, 4) is 0 Å². The van der Waals surface area contributed by atoms with Crippen LogP contribution in [0.25, 0.3) is 0 Å². The molecule has 15 heavy (non-hydrogen) atoms. The zero-order chi connectivity index (χ0) is 11.3. The highest BCUT2D eigenvalue weighted by Crippen LogP contribution is 2.26. The van der Waals surface area contributed by atoms with E-state index in [1.807, 2.05) is 0 Å². The Morgan fingerprint density at radius 1 is 1.67 bits per heavy atom. The van der Waals surface area contributed by atoms with Crippen molar-refractivity contribution >= 4 is 12.1 Å². The quantitative estimate of drug-likeness (QED) is 0.666. The zero-order valence-corrected chi connectivity index (χ0v) is 8.45. The first-order chi connectivity index (χ1) is 7.12. The van der Waals surface area contributed by atoms with Crippen LogP contribution in [-0.2, 0) is 19.0 Å². The van der Waals surface area contributed by atoms with Crippen molar-refractivity contribution in [3.63, 3.8) is 0 Å². The van der Waals surface area contributed by atoms with Crippen LogP contribution in [0.1, 0.15) is 19.8 Å². The van der Waals surface area contributed by atoms with Gasteiger partial charge in [-0.3, -0.25) is 4.79 Å². The van der Waals surface area contributed by atoms with Crippen molar-refractivity contribution in [2.45, 2.75) is 25.4 Å². The van der Waals surface area contributed by atoms with Gasteiger partial charge in [0.25, 0.3) is 0 Å². The van der Waals surface area contributed by atoms with Crippen LogP contribution in [0.2, 0.25) is 0 Å². The molecule has 0 radical (unpaired) electrons. The van der Waals surface area contributed by atoms with Gasteiger partial charge < -0.3 is 14.2 Å². The Kier molecular flexibility index (Phi) is 3.88. The summed E-state index contributed by atoms with van der Waals surface area (Å²) in [6.45, 7) is 1.00. The second-order valence-corrected chi connectivity index (χ2v) is 3.25. The molecule has 0 N–H and O–H groups in total. The number of halogens is 1. The summed E-state index contributed by atoms with van der Waals surface area (Å²) in [4.78, 5) is 22.0. The minimum Gasteiger partial charge on any atom is -0.466 e. The summed E-state index contributed by atoms with van der Waals surface area (Å²) in [7, 11) is 0. The normalized spacial score (nSPS) is 25.3. The van der Waals surface area contributed by atoms with Gasteiger partial charge in [-0.25, -0.2) is 9.18 Å². The van der Waals surface area contributed by atoms with Crippen LogP contribution >= 0.6 is 0 Å². The molecule has 86 valence electrons. The SMILES string of the molecule is CCOC(=O)CC1(CF)CCOC(=O)O1. The fraction of sp³-hybridized carbons (Fsp3) is 0.778. The van der Waals surface area contributed by atoms with E-state index in [0.717, 1.165) is 0 Å². The third kappa shape index (κ3) is 3.07. The average Bonchev–Trinajstić information content (AvgIpc) is 2.18. The van der Waals surface area contributed by atoms with Gasteiger partial charge >= 0.3 is 12.1 Å². The van der Waals surface area contributed by atoms with E-state index in [1.165, 1.54) is 0 Å². The molecule has 1 fully saturated rings. The highest BCUT2D eigenvalue weighted by molar-refractivity contribution is 5.72. The van der Waals surface area contributed by atoms with Crippen molar-refractivity contribution in [2.24, 2.45) is 0 Å². The molecule has 1 saturated heterocycles. The van der Waals surface area contributed by atoms with Crippen LogP contribution in [0.5, 0.6) is 0 Å². The van der Waals surface area contributed by atoms with E-state index in [9.17, 15) is 14.0 Å². The fourth-order valence-corrected chi connectivity index (χ4v) is 1.32. The molecule has 0 amide bonds. The Morgan fingerprint density at radius 2 is 2.40 bits per heavy atom. The van der Waals surface area contributed by atoms with Crippen LogP contribution in [-0.4, -0.2) is 37.6 Å². The number of hydrogen-bond donors (Lipinski definition) is 0. The molecule has 0 aliphatic carbocycles. The van der Waals surface area contributed by atoms with E-state index in [-0.39, 0.29) is 26.1 Å². The van der Waals surface area contributed by atoms with Crippen LogP contribution < -0.4 is 0 Å². The highest BCUT2D eigenvalue weighted by atomic mass is 19.1. The van der Waals surface area contributed by atoms with Gasteiger partial charge in [0.2, 0.25) is 0 Å². The van der Waals surface area contributed by atoms with Crippen molar-refractivity contribution in [2.75, 3.05) is 19.9 Å². The number of rotatable bonds is 4. The van der Waals surface area contributed by atoms with E-state index >= 15 is 0 Å². The number of hydrogen-bond acceptors (Lipinski definition) is 5. The van der Waals surface area contributed by atoms with Gasteiger partial charge in [0.05, 0.1) is 19.6 Å². The minimum atomic E-state index is -1.40. The Balaban J connectivity index is 2.59. The van der Waals surface area contributed by atoms with E-state index < -0.39 is 24.4 Å². The largest absolute Gasteiger partial charge is 0.508 e. The maximum Gasteiger partial charge on any atom is 0.508 e. The lowest BCUT2D eigenvalue weighted by atomic mass is 9.97. The van der Waals surface area contributed by atoms with Crippen LogP contribution in [0.3, 0.4) is 0 Å². The zero-order valence-electron chi connectivity index (χ0n) is 8.45. The standard InChI is InChI=1S/C9H13FO5/c1-2-13-7(11)5-9(6-10)3-4-14-8(12)15-9/h2-6H2,1H3. The minimum absolute atomic E-state index is 0.0577. The van der Waals surface area contributed by atoms with Crippen molar-refractivity contribution < 1.29 is 28.2 Å². The number of carbonyl (C=O) groups is 2. The number of alkyl halides is 1. The molecule has 0 aromatic heterocycles. The predicted molar refractivity (Wildman–Crippen MR) is 47.0 cm³/mol. The maximum atomic E-state index is 12.8. The second-order valence-electron chi connectivity index (χ2n) is 3.25. The van der Waals surface area contributed by atoms with E-state index in [0.29, 0.717) is 0 Å². The lowest BCUT2D eigenvalue weighted by Gasteiger charge is -2.32. The first kappa shape index (κ1) is 11.7. The molecule has 1 rings (SSSR count). The molecule has 0 aromatic rings. The summed E-state index contributed by atoms with van der Waals surface area (Å²) in [5, 5.41) is 0. The number of carbonyl (C=O) groups excluding carboxylic acids is 2. The molecule has 1 atom stereocenters. The molecule has 1 aliphatic rings. The highest BCUT2D eigenvalue weighted by Gasteiger charge is 2.41. The summed E-state index contributed by atoms with van der Waals surface area (Å²) in [5.74, 6) is -0.579. The Bertz CT molecular complexity index is 255. The first-order valence-electron chi connectivity index (χ1n) is 4.69. The Labute approximate surface area is 86.5 Å². The number of cyclic esters (lactones) is 2. The summed E-state index contributed by atoms with van der Waals surface area (Å²) in [5.41, 5.74) is -1.40. The van der Waals surface area contributed by atoms with Gasteiger partial charge in [0.15, 0.2) is 5.60 Å². The second kappa shape index (κ2) is 4.95. The number of esters is 1. The fourth-order valence-electron chi connectivity index (χ4n) is 1.32. The summed E-state index contributed by atoms with van der Waals surface area (Å²) >= 11 is 0. The van der Waals surface area contributed by atoms with Gasteiger partial charge in [-0.2, -0.15) is 0 Å². The van der Waals surface area contributed by atoms with Crippen LogP contribution in [0.15, 0.2) is 0 Å². The Morgan fingerprint density at radius 3 is 2.93 bits per heavy atom. The van der Waals surface area contributed by atoms with Gasteiger partial charge in [0, 0.05) is 6.42 Å². The lowest BCUT2D eigenvalue weighted by molar-refractivity contribution is -0.155. The molecule has 0 saturated carbocycles. The van der Waals surface area contributed by atoms with Gasteiger partial charge in [-0.1, -0.05) is 0 Å². The molecule has 6 heteroatoms. The summed E-state index contributed by atoms with van der Waals surface area (Å²) in [6.07, 6.45) is -1.05. The molecule has 1 aliphatic heterocycles.